The number of amides is 1. The first-order chi connectivity index (χ1) is 14.5. The van der Waals surface area contributed by atoms with Crippen LogP contribution in [0.2, 0.25) is 0 Å². The highest BCUT2D eigenvalue weighted by atomic mass is 79.9. The fourth-order valence-electron chi connectivity index (χ4n) is 3.51. The van der Waals surface area contributed by atoms with Crippen molar-refractivity contribution in [3.05, 3.63) is 93.9 Å². The third-order valence-electron chi connectivity index (χ3n) is 5.00. The molecule has 2 heterocycles. The van der Waals surface area contributed by atoms with Crippen LogP contribution in [-0.2, 0) is 16.1 Å². The van der Waals surface area contributed by atoms with Gasteiger partial charge in [-0.25, -0.2) is 0 Å². The molecular formula is C23H18BrNO5. The number of rotatable bonds is 5. The van der Waals surface area contributed by atoms with Gasteiger partial charge in [-0.1, -0.05) is 28.1 Å². The lowest BCUT2D eigenvalue weighted by Gasteiger charge is -2.24. The number of aliphatic hydroxyl groups excluding tert-OH is 1. The second kappa shape index (κ2) is 8.20. The fourth-order valence-corrected chi connectivity index (χ4v) is 3.77. The van der Waals surface area contributed by atoms with E-state index in [2.05, 4.69) is 15.9 Å². The summed E-state index contributed by atoms with van der Waals surface area (Å²) < 4.78 is 11.4. The molecule has 0 saturated carbocycles. The summed E-state index contributed by atoms with van der Waals surface area (Å²) >= 11 is 3.40. The van der Waals surface area contributed by atoms with Crippen molar-refractivity contribution in [2.24, 2.45) is 0 Å². The van der Waals surface area contributed by atoms with Crippen LogP contribution >= 0.6 is 15.9 Å². The minimum absolute atomic E-state index is 0.0408. The van der Waals surface area contributed by atoms with Gasteiger partial charge in [-0.05, 0) is 54.1 Å². The molecule has 1 N–H and O–H groups in total. The number of carbonyl (C=O) groups is 2. The van der Waals surface area contributed by atoms with Crippen LogP contribution in [0.25, 0.3) is 5.76 Å². The van der Waals surface area contributed by atoms with Gasteiger partial charge in [0, 0.05) is 10.0 Å². The monoisotopic (exact) mass is 467 g/mol. The van der Waals surface area contributed by atoms with Crippen LogP contribution in [0.1, 0.15) is 22.9 Å². The molecule has 6 nitrogen and oxygen atoms in total. The molecule has 152 valence electrons. The number of methoxy groups -OCH3 is 1. The smallest absolute Gasteiger partial charge is 0.296 e. The normalized spacial score (nSPS) is 18.1. The Kier molecular flexibility index (Phi) is 5.46. The van der Waals surface area contributed by atoms with Crippen molar-refractivity contribution in [1.29, 1.82) is 0 Å². The Morgan fingerprint density at radius 1 is 1.10 bits per heavy atom. The SMILES string of the molecule is COc1ccc(/C(O)=C2\C(=O)C(=O)N(Cc3ccco3)[C@@H]2c2ccc(Br)cc2)cc1. The maximum absolute atomic E-state index is 13.0. The van der Waals surface area contributed by atoms with Crippen LogP contribution in [-0.4, -0.2) is 28.8 Å². The van der Waals surface area contributed by atoms with Gasteiger partial charge in [-0.15, -0.1) is 0 Å². The van der Waals surface area contributed by atoms with Crippen molar-refractivity contribution >= 4 is 33.4 Å². The Hall–Kier alpha value is -3.32. The van der Waals surface area contributed by atoms with Crippen molar-refractivity contribution in [2.45, 2.75) is 12.6 Å². The highest BCUT2D eigenvalue weighted by Crippen LogP contribution is 2.40. The molecular weight excluding hydrogens is 450 g/mol. The van der Waals surface area contributed by atoms with Crippen molar-refractivity contribution in [3.63, 3.8) is 0 Å². The third kappa shape index (κ3) is 3.64. The zero-order valence-corrected chi connectivity index (χ0v) is 17.6. The average molecular weight is 468 g/mol. The lowest BCUT2D eigenvalue weighted by molar-refractivity contribution is -0.140. The molecule has 0 radical (unpaired) electrons. The van der Waals surface area contributed by atoms with Gasteiger partial charge >= 0.3 is 0 Å². The number of ether oxygens (including phenoxy) is 1. The van der Waals surface area contributed by atoms with E-state index in [1.807, 2.05) is 24.3 Å². The Bertz CT molecular complexity index is 1100. The first kappa shape index (κ1) is 20.0. The van der Waals surface area contributed by atoms with Gasteiger partial charge in [0.05, 0.1) is 31.5 Å². The van der Waals surface area contributed by atoms with Crippen molar-refractivity contribution in [1.82, 2.24) is 4.90 Å². The Morgan fingerprint density at radius 3 is 2.40 bits per heavy atom. The summed E-state index contributed by atoms with van der Waals surface area (Å²) in [4.78, 5) is 27.3. The van der Waals surface area contributed by atoms with E-state index in [4.69, 9.17) is 9.15 Å². The second-order valence-corrected chi connectivity index (χ2v) is 7.70. The standard InChI is InChI=1S/C23H18BrNO5/c1-29-17-10-6-15(7-11-17)21(26)19-20(14-4-8-16(24)9-5-14)25(23(28)22(19)27)13-18-3-2-12-30-18/h2-12,20,26H,13H2,1H3/b21-19+/t20-/m1/s1. The summed E-state index contributed by atoms with van der Waals surface area (Å²) in [7, 11) is 1.54. The third-order valence-corrected chi connectivity index (χ3v) is 5.52. The molecule has 1 atom stereocenters. The first-order valence-corrected chi connectivity index (χ1v) is 9.99. The molecule has 2 aromatic carbocycles. The number of likely N-dealkylation sites (tertiary alicyclic amines) is 1. The van der Waals surface area contributed by atoms with Crippen LogP contribution in [0, 0.1) is 0 Å². The van der Waals surface area contributed by atoms with Gasteiger partial charge in [-0.2, -0.15) is 0 Å². The number of benzene rings is 2. The maximum atomic E-state index is 13.0. The zero-order valence-electron chi connectivity index (χ0n) is 16.0. The lowest BCUT2D eigenvalue weighted by atomic mass is 9.95. The Balaban J connectivity index is 1.84. The summed E-state index contributed by atoms with van der Waals surface area (Å²) in [6, 6.07) is 16.7. The van der Waals surface area contributed by atoms with Gasteiger partial charge in [0.15, 0.2) is 0 Å². The van der Waals surface area contributed by atoms with E-state index in [1.54, 1.807) is 43.5 Å². The van der Waals surface area contributed by atoms with Crippen molar-refractivity contribution in [2.75, 3.05) is 7.11 Å². The molecule has 3 aromatic rings. The van der Waals surface area contributed by atoms with E-state index in [1.165, 1.54) is 11.2 Å². The molecule has 0 aliphatic carbocycles. The summed E-state index contributed by atoms with van der Waals surface area (Å²) in [5.41, 5.74) is 1.17. The molecule has 0 bridgehead atoms. The highest BCUT2D eigenvalue weighted by molar-refractivity contribution is 9.10. The van der Waals surface area contributed by atoms with E-state index < -0.39 is 17.7 Å². The lowest BCUT2D eigenvalue weighted by Crippen LogP contribution is -2.29. The largest absolute Gasteiger partial charge is 0.507 e. The van der Waals surface area contributed by atoms with Gasteiger partial charge in [0.25, 0.3) is 11.7 Å². The predicted molar refractivity (Wildman–Crippen MR) is 114 cm³/mol. The number of hydrogen-bond donors (Lipinski definition) is 1. The quantitative estimate of drug-likeness (QED) is 0.335. The van der Waals surface area contributed by atoms with Gasteiger partial charge in [0.2, 0.25) is 0 Å². The molecule has 1 aliphatic heterocycles. The van der Waals surface area contributed by atoms with E-state index in [0.717, 1.165) is 4.47 Å². The molecule has 30 heavy (non-hydrogen) atoms. The van der Waals surface area contributed by atoms with Gasteiger partial charge < -0.3 is 19.2 Å². The number of aliphatic hydroxyl groups is 1. The topological polar surface area (TPSA) is 80.0 Å². The second-order valence-electron chi connectivity index (χ2n) is 6.79. The Morgan fingerprint density at radius 2 is 1.80 bits per heavy atom. The van der Waals surface area contributed by atoms with E-state index in [0.29, 0.717) is 22.6 Å². The van der Waals surface area contributed by atoms with Crippen molar-refractivity contribution < 1.29 is 23.8 Å². The van der Waals surface area contributed by atoms with Crippen molar-refractivity contribution in [3.8, 4) is 5.75 Å². The minimum atomic E-state index is -0.745. The van der Waals surface area contributed by atoms with E-state index in [9.17, 15) is 14.7 Å². The number of furan rings is 1. The number of nitrogens with zero attached hydrogens (tertiary/aromatic N) is 1. The molecule has 1 amide bonds. The minimum Gasteiger partial charge on any atom is -0.507 e. The van der Waals surface area contributed by atoms with E-state index >= 15 is 0 Å². The molecule has 0 unspecified atom stereocenters. The predicted octanol–water partition coefficient (Wildman–Crippen LogP) is 4.67. The number of carbonyl (C=O) groups excluding carboxylic acids is 2. The first-order valence-electron chi connectivity index (χ1n) is 9.20. The maximum Gasteiger partial charge on any atom is 0.296 e. The van der Waals surface area contributed by atoms with Gasteiger partial charge in [0.1, 0.15) is 17.3 Å². The summed E-state index contributed by atoms with van der Waals surface area (Å²) in [6.45, 7) is 0.109. The molecule has 1 aromatic heterocycles. The number of halogens is 1. The summed E-state index contributed by atoms with van der Waals surface area (Å²) in [5.74, 6) is -0.485. The molecule has 1 aliphatic rings. The van der Waals surface area contributed by atoms with Crippen LogP contribution in [0.3, 0.4) is 0 Å². The molecule has 1 fully saturated rings. The number of ketones is 1. The van der Waals surface area contributed by atoms with Crippen LogP contribution in [0.4, 0.5) is 0 Å². The molecule has 1 saturated heterocycles. The van der Waals surface area contributed by atoms with E-state index in [-0.39, 0.29) is 17.9 Å². The number of hydrogen-bond acceptors (Lipinski definition) is 5. The average Bonchev–Trinajstić information content (AvgIpc) is 3.36. The van der Waals surface area contributed by atoms with Crippen LogP contribution in [0.15, 0.2) is 81.4 Å². The van der Waals surface area contributed by atoms with Crippen LogP contribution < -0.4 is 4.74 Å². The van der Waals surface area contributed by atoms with Gasteiger partial charge in [-0.3, -0.25) is 9.59 Å². The zero-order chi connectivity index (χ0) is 21.3. The number of Topliss-reactive ketones (excluding diaryl/α,β-unsaturated/α-hetero) is 1. The summed E-state index contributed by atoms with van der Waals surface area (Å²) in [6.07, 6.45) is 1.51. The molecule has 4 rings (SSSR count). The Labute approximate surface area is 181 Å². The highest BCUT2D eigenvalue weighted by Gasteiger charge is 2.46. The van der Waals surface area contributed by atoms with Crippen LogP contribution in [0.5, 0.6) is 5.75 Å². The molecule has 0 spiro atoms. The fraction of sp³-hybridized carbons (Fsp3) is 0.130. The molecule has 7 heteroatoms. The summed E-state index contributed by atoms with van der Waals surface area (Å²) in [5, 5.41) is 11.0.